The van der Waals surface area contributed by atoms with Gasteiger partial charge in [0.05, 0.1) is 5.56 Å². The number of amides is 2. The summed E-state index contributed by atoms with van der Waals surface area (Å²) in [6.07, 6.45) is 0.219. The number of primary amides is 1. The Bertz CT molecular complexity index is 706. The van der Waals surface area contributed by atoms with E-state index in [2.05, 4.69) is 21.2 Å². The average molecular weight is 365 g/mol. The van der Waals surface area contributed by atoms with Crippen LogP contribution >= 0.6 is 15.9 Å². The number of benzene rings is 2. The first-order chi connectivity index (χ1) is 10.5. The molecule has 6 heteroatoms. The lowest BCUT2D eigenvalue weighted by Gasteiger charge is -2.16. The summed E-state index contributed by atoms with van der Waals surface area (Å²) < 4.78 is 14.4. The molecule has 0 bridgehead atoms. The molecule has 2 aromatic rings. The molecule has 0 spiro atoms. The van der Waals surface area contributed by atoms with Crippen LogP contribution in [0.1, 0.15) is 15.9 Å². The molecule has 0 heterocycles. The summed E-state index contributed by atoms with van der Waals surface area (Å²) in [7, 11) is 0. The summed E-state index contributed by atoms with van der Waals surface area (Å²) in [5.74, 6) is -2.00. The molecular formula is C16H14BrFN2O2. The largest absolute Gasteiger partial charge is 0.368 e. The molecule has 2 rings (SSSR count). The van der Waals surface area contributed by atoms with E-state index in [4.69, 9.17) is 5.73 Å². The van der Waals surface area contributed by atoms with Gasteiger partial charge in [-0.1, -0.05) is 46.3 Å². The minimum atomic E-state index is -0.925. The fourth-order valence-electron chi connectivity index (χ4n) is 1.99. The molecule has 0 fully saturated rings. The molecule has 2 amide bonds. The van der Waals surface area contributed by atoms with Crippen LogP contribution in [0.4, 0.5) is 4.39 Å². The fraction of sp³-hybridized carbons (Fsp3) is 0.125. The Morgan fingerprint density at radius 1 is 1.14 bits per heavy atom. The van der Waals surface area contributed by atoms with Crippen molar-refractivity contribution in [1.29, 1.82) is 0 Å². The third-order valence-corrected chi connectivity index (χ3v) is 3.92. The number of carbonyl (C=O) groups is 2. The van der Waals surface area contributed by atoms with Gasteiger partial charge in [0.1, 0.15) is 11.9 Å². The molecule has 114 valence electrons. The van der Waals surface area contributed by atoms with Gasteiger partial charge >= 0.3 is 0 Å². The summed E-state index contributed by atoms with van der Waals surface area (Å²) in [5, 5.41) is 2.47. The van der Waals surface area contributed by atoms with Gasteiger partial charge in [-0.15, -0.1) is 0 Å². The second-order valence-corrected chi connectivity index (χ2v) is 5.56. The molecule has 0 radical (unpaired) electrons. The van der Waals surface area contributed by atoms with Gasteiger partial charge in [0, 0.05) is 10.9 Å². The number of nitrogens with two attached hydrogens (primary N) is 1. The maximum atomic E-state index is 13.6. The number of halogens is 2. The van der Waals surface area contributed by atoms with Crippen LogP contribution in [0.25, 0.3) is 0 Å². The van der Waals surface area contributed by atoms with Crippen molar-refractivity contribution in [3.05, 3.63) is 69.9 Å². The van der Waals surface area contributed by atoms with Crippen LogP contribution in [-0.4, -0.2) is 17.9 Å². The first-order valence-corrected chi connectivity index (χ1v) is 7.36. The molecular weight excluding hydrogens is 351 g/mol. The Morgan fingerprint density at radius 2 is 1.77 bits per heavy atom. The minimum Gasteiger partial charge on any atom is -0.368 e. The van der Waals surface area contributed by atoms with Crippen molar-refractivity contribution in [2.75, 3.05) is 0 Å². The maximum absolute atomic E-state index is 13.6. The van der Waals surface area contributed by atoms with Crippen molar-refractivity contribution in [3.8, 4) is 0 Å². The van der Waals surface area contributed by atoms with Crippen molar-refractivity contribution in [2.45, 2.75) is 12.5 Å². The minimum absolute atomic E-state index is 0.124. The molecule has 0 aliphatic heterocycles. The molecule has 0 aliphatic rings. The zero-order chi connectivity index (χ0) is 16.1. The molecule has 0 aliphatic carbocycles. The molecule has 1 atom stereocenters. The normalized spacial score (nSPS) is 11.7. The van der Waals surface area contributed by atoms with Gasteiger partial charge < -0.3 is 11.1 Å². The zero-order valence-electron chi connectivity index (χ0n) is 11.6. The molecule has 3 N–H and O–H groups in total. The third kappa shape index (κ3) is 3.92. The fourth-order valence-corrected chi connectivity index (χ4v) is 2.43. The molecule has 0 unspecified atom stereocenters. The van der Waals surface area contributed by atoms with Gasteiger partial charge in [0.2, 0.25) is 5.91 Å². The Hall–Kier alpha value is -2.21. The number of hydrogen-bond donors (Lipinski definition) is 2. The van der Waals surface area contributed by atoms with E-state index in [9.17, 15) is 14.0 Å². The smallest absolute Gasteiger partial charge is 0.254 e. The topological polar surface area (TPSA) is 72.2 Å². The predicted molar refractivity (Wildman–Crippen MR) is 84.7 cm³/mol. The predicted octanol–water partition coefficient (Wildman–Crippen LogP) is 2.41. The second-order valence-electron chi connectivity index (χ2n) is 4.70. The van der Waals surface area contributed by atoms with Gasteiger partial charge in [-0.25, -0.2) is 4.39 Å². The van der Waals surface area contributed by atoms with Crippen LogP contribution in [0.2, 0.25) is 0 Å². The van der Waals surface area contributed by atoms with Crippen molar-refractivity contribution in [1.82, 2.24) is 5.32 Å². The second kappa shape index (κ2) is 7.17. The van der Waals surface area contributed by atoms with Crippen LogP contribution in [0, 0.1) is 5.82 Å². The summed E-state index contributed by atoms with van der Waals surface area (Å²) in [5.41, 5.74) is 6.03. The SMILES string of the molecule is NC(=O)[C@H](Cc1ccccc1Br)NC(=O)c1ccccc1F. The standard InChI is InChI=1S/C16H14BrFN2O2/c17-12-7-3-1-5-10(12)9-14(15(19)21)20-16(22)11-6-2-4-8-13(11)18/h1-8,14H,9H2,(H2,19,21)(H,20,22)/t14-/m0/s1. The van der Waals surface area contributed by atoms with Crippen LogP contribution in [-0.2, 0) is 11.2 Å². The van der Waals surface area contributed by atoms with Crippen molar-refractivity contribution >= 4 is 27.7 Å². The van der Waals surface area contributed by atoms with E-state index in [-0.39, 0.29) is 12.0 Å². The number of carbonyl (C=O) groups excluding carboxylic acids is 2. The third-order valence-electron chi connectivity index (χ3n) is 3.15. The van der Waals surface area contributed by atoms with E-state index in [1.807, 2.05) is 24.3 Å². The molecule has 0 saturated carbocycles. The van der Waals surface area contributed by atoms with Crippen LogP contribution in [0.3, 0.4) is 0 Å². The molecule has 0 saturated heterocycles. The van der Waals surface area contributed by atoms with Gasteiger partial charge in [-0.3, -0.25) is 9.59 Å². The first-order valence-electron chi connectivity index (χ1n) is 6.57. The highest BCUT2D eigenvalue weighted by Crippen LogP contribution is 2.17. The van der Waals surface area contributed by atoms with E-state index in [1.165, 1.54) is 18.2 Å². The summed E-state index contributed by atoms with van der Waals surface area (Å²) >= 11 is 3.37. The average Bonchev–Trinajstić information content (AvgIpc) is 2.49. The number of hydrogen-bond acceptors (Lipinski definition) is 2. The van der Waals surface area contributed by atoms with E-state index >= 15 is 0 Å². The Morgan fingerprint density at radius 3 is 2.41 bits per heavy atom. The van der Waals surface area contributed by atoms with Crippen molar-refractivity contribution in [2.24, 2.45) is 5.73 Å². The molecule has 22 heavy (non-hydrogen) atoms. The summed E-state index contributed by atoms with van der Waals surface area (Å²) in [4.78, 5) is 23.7. The maximum Gasteiger partial charge on any atom is 0.254 e. The Kier molecular flexibility index (Phi) is 5.27. The lowest BCUT2D eigenvalue weighted by atomic mass is 10.0. The van der Waals surface area contributed by atoms with E-state index in [0.717, 1.165) is 10.0 Å². The van der Waals surface area contributed by atoms with Crippen LogP contribution in [0.15, 0.2) is 53.0 Å². The van der Waals surface area contributed by atoms with Gasteiger partial charge in [-0.05, 0) is 23.8 Å². The van der Waals surface area contributed by atoms with Crippen molar-refractivity contribution in [3.63, 3.8) is 0 Å². The highest BCUT2D eigenvalue weighted by Gasteiger charge is 2.21. The summed E-state index contributed by atoms with van der Waals surface area (Å²) in [6, 6.07) is 11.9. The lowest BCUT2D eigenvalue weighted by molar-refractivity contribution is -0.119. The Balaban J connectivity index is 2.16. The molecule has 4 nitrogen and oxygen atoms in total. The van der Waals surface area contributed by atoms with Crippen molar-refractivity contribution < 1.29 is 14.0 Å². The molecule has 2 aromatic carbocycles. The van der Waals surface area contributed by atoms with Gasteiger partial charge in [0.25, 0.3) is 5.91 Å². The quantitative estimate of drug-likeness (QED) is 0.854. The molecule has 0 aromatic heterocycles. The zero-order valence-corrected chi connectivity index (χ0v) is 13.1. The summed E-state index contributed by atoms with van der Waals surface area (Å²) in [6.45, 7) is 0. The van der Waals surface area contributed by atoms with E-state index in [1.54, 1.807) is 6.07 Å². The highest BCUT2D eigenvalue weighted by molar-refractivity contribution is 9.10. The van der Waals surface area contributed by atoms with Gasteiger partial charge in [-0.2, -0.15) is 0 Å². The van der Waals surface area contributed by atoms with E-state index in [0.29, 0.717) is 0 Å². The highest BCUT2D eigenvalue weighted by atomic mass is 79.9. The number of rotatable bonds is 5. The first kappa shape index (κ1) is 16.2. The number of nitrogens with one attached hydrogen (secondary N) is 1. The Labute approximate surface area is 135 Å². The lowest BCUT2D eigenvalue weighted by Crippen LogP contribution is -2.46. The van der Waals surface area contributed by atoms with Crippen LogP contribution in [0.5, 0.6) is 0 Å². The monoisotopic (exact) mass is 364 g/mol. The van der Waals surface area contributed by atoms with Crippen LogP contribution < -0.4 is 11.1 Å². The van der Waals surface area contributed by atoms with E-state index < -0.39 is 23.7 Å². The van der Waals surface area contributed by atoms with Gasteiger partial charge in [0.15, 0.2) is 0 Å².